The quantitative estimate of drug-likeness (QED) is 0.576. The number of aromatic hydroxyl groups is 1. The number of amides is 2. The third-order valence-corrected chi connectivity index (χ3v) is 6.56. The van der Waals surface area contributed by atoms with E-state index in [1.807, 2.05) is 30.3 Å². The lowest BCUT2D eigenvalue weighted by molar-refractivity contribution is -0.126. The van der Waals surface area contributed by atoms with Crippen molar-refractivity contribution in [3.8, 4) is 11.5 Å². The van der Waals surface area contributed by atoms with Crippen molar-refractivity contribution in [3.05, 3.63) is 82.9 Å². The average Bonchev–Trinajstić information content (AvgIpc) is 3.33. The number of anilines is 2. The van der Waals surface area contributed by atoms with Gasteiger partial charge in [0.05, 0.1) is 24.5 Å². The van der Waals surface area contributed by atoms with Crippen LogP contribution < -0.4 is 14.7 Å². The van der Waals surface area contributed by atoms with Crippen LogP contribution in [0.25, 0.3) is 0 Å². The van der Waals surface area contributed by atoms with Crippen LogP contribution in [-0.2, 0) is 14.4 Å². The van der Waals surface area contributed by atoms with Gasteiger partial charge in [0.1, 0.15) is 5.92 Å². The number of benzene rings is 3. The third kappa shape index (κ3) is 3.32. The molecule has 2 heterocycles. The Morgan fingerprint density at radius 1 is 1.00 bits per heavy atom. The lowest BCUT2D eigenvalue weighted by Gasteiger charge is -2.29. The zero-order valence-corrected chi connectivity index (χ0v) is 18.7. The highest BCUT2D eigenvalue weighted by molar-refractivity contribution is 6.32. The molecule has 0 aliphatic carbocycles. The molecular weight excluding hydrogens is 444 g/mol. The van der Waals surface area contributed by atoms with Crippen molar-refractivity contribution in [2.24, 2.45) is 5.92 Å². The van der Waals surface area contributed by atoms with Gasteiger partial charge in [-0.15, -0.1) is 0 Å². The van der Waals surface area contributed by atoms with Gasteiger partial charge in [-0.25, -0.2) is 9.96 Å². The van der Waals surface area contributed by atoms with Crippen molar-refractivity contribution in [1.82, 2.24) is 0 Å². The first-order chi connectivity index (χ1) is 15.9. The number of halogens is 1. The number of fused-ring (bicyclic) bond motifs is 1. The summed E-state index contributed by atoms with van der Waals surface area (Å²) in [5, 5.41) is 12.1. The Labute approximate surface area is 195 Å². The maximum absolute atomic E-state index is 13.7. The predicted molar refractivity (Wildman–Crippen MR) is 123 cm³/mol. The summed E-state index contributed by atoms with van der Waals surface area (Å²) in [6.07, 6.45) is -0.999. The number of carbonyl (C=O) groups excluding carboxylic acids is 2. The zero-order valence-electron chi connectivity index (χ0n) is 17.9. The van der Waals surface area contributed by atoms with Crippen LogP contribution in [0.5, 0.6) is 11.5 Å². The molecule has 3 atom stereocenters. The van der Waals surface area contributed by atoms with Crippen LogP contribution in [0.1, 0.15) is 17.2 Å². The molecule has 2 fully saturated rings. The van der Waals surface area contributed by atoms with Crippen molar-refractivity contribution in [3.63, 3.8) is 0 Å². The summed E-state index contributed by atoms with van der Waals surface area (Å²) in [4.78, 5) is 34.5. The molecule has 3 aromatic rings. The smallest absolute Gasteiger partial charge is 0.266 e. The minimum absolute atomic E-state index is 0.0204. The van der Waals surface area contributed by atoms with Crippen LogP contribution in [0.3, 0.4) is 0 Å². The average molecular weight is 465 g/mol. The van der Waals surface area contributed by atoms with Crippen molar-refractivity contribution >= 4 is 34.8 Å². The third-order valence-electron chi connectivity index (χ3n) is 6.15. The van der Waals surface area contributed by atoms with E-state index >= 15 is 0 Å². The molecule has 2 saturated heterocycles. The van der Waals surface area contributed by atoms with E-state index in [9.17, 15) is 14.7 Å². The highest BCUT2D eigenvalue weighted by atomic mass is 35.5. The lowest BCUT2D eigenvalue weighted by atomic mass is 9.90. The predicted octanol–water partition coefficient (Wildman–Crippen LogP) is 4.41. The summed E-state index contributed by atoms with van der Waals surface area (Å²) in [5.41, 5.74) is 2.47. The normalized spacial score (nSPS) is 22.1. The number of rotatable bonds is 4. The number of nitrogens with zero attached hydrogens (tertiary/aromatic N) is 2. The molecule has 2 aliphatic rings. The monoisotopic (exact) mass is 464 g/mol. The Hall–Kier alpha value is -3.55. The van der Waals surface area contributed by atoms with E-state index in [4.69, 9.17) is 21.2 Å². The molecule has 5 rings (SSSR count). The number of methoxy groups -OCH3 is 1. The number of phenols is 1. The Bertz CT molecular complexity index is 1250. The molecule has 3 aromatic carbocycles. The first kappa shape index (κ1) is 21.3. The maximum atomic E-state index is 13.7. The highest BCUT2D eigenvalue weighted by Gasteiger charge is 2.60. The van der Waals surface area contributed by atoms with Crippen molar-refractivity contribution in [2.45, 2.75) is 19.1 Å². The molecule has 8 heteroatoms. The minimum Gasteiger partial charge on any atom is -0.504 e. The lowest BCUT2D eigenvalue weighted by Crippen LogP contribution is -2.37. The zero-order chi connectivity index (χ0) is 23.3. The Morgan fingerprint density at radius 3 is 2.48 bits per heavy atom. The van der Waals surface area contributed by atoms with E-state index in [1.54, 1.807) is 42.3 Å². The van der Waals surface area contributed by atoms with Crippen LogP contribution in [0.4, 0.5) is 11.4 Å². The molecule has 2 aliphatic heterocycles. The molecule has 7 nitrogen and oxygen atoms in total. The number of carbonyl (C=O) groups is 2. The second-order valence-electron chi connectivity index (χ2n) is 7.99. The van der Waals surface area contributed by atoms with Crippen LogP contribution >= 0.6 is 11.6 Å². The molecule has 0 spiro atoms. The highest BCUT2D eigenvalue weighted by Crippen LogP contribution is 2.49. The van der Waals surface area contributed by atoms with Crippen molar-refractivity contribution in [1.29, 1.82) is 0 Å². The fourth-order valence-electron chi connectivity index (χ4n) is 4.51. The maximum Gasteiger partial charge on any atom is 0.266 e. The number of hydrogen-bond donors (Lipinski definition) is 1. The van der Waals surface area contributed by atoms with E-state index in [0.717, 1.165) is 0 Å². The van der Waals surface area contributed by atoms with Crippen LogP contribution in [0.2, 0.25) is 5.02 Å². The van der Waals surface area contributed by atoms with Gasteiger partial charge in [0, 0.05) is 5.02 Å². The molecule has 0 bridgehead atoms. The number of ether oxygens (including phenoxy) is 1. The van der Waals surface area contributed by atoms with Gasteiger partial charge in [0.15, 0.2) is 17.6 Å². The Morgan fingerprint density at radius 2 is 1.76 bits per heavy atom. The summed E-state index contributed by atoms with van der Waals surface area (Å²) in [6.45, 7) is 1.77. The second-order valence-corrected chi connectivity index (χ2v) is 8.39. The fraction of sp³-hybridized carbons (Fsp3) is 0.200. The van der Waals surface area contributed by atoms with Gasteiger partial charge in [-0.3, -0.25) is 14.4 Å². The van der Waals surface area contributed by atoms with Gasteiger partial charge in [0.25, 0.3) is 5.91 Å². The summed E-state index contributed by atoms with van der Waals surface area (Å²) < 4.78 is 5.28. The fourth-order valence-corrected chi connectivity index (χ4v) is 4.68. The summed E-state index contributed by atoms with van der Waals surface area (Å²) in [6, 6.07) is 18.6. The molecule has 0 radical (unpaired) electrons. The number of para-hydroxylation sites is 1. The molecule has 33 heavy (non-hydrogen) atoms. The molecular formula is C25H21ClN2O5. The summed E-state index contributed by atoms with van der Waals surface area (Å²) in [5.74, 6) is -1.36. The molecule has 0 saturated carbocycles. The van der Waals surface area contributed by atoms with Crippen LogP contribution in [-0.4, -0.2) is 30.1 Å². The Kier molecular flexibility index (Phi) is 5.23. The minimum atomic E-state index is -0.999. The van der Waals surface area contributed by atoms with E-state index < -0.39 is 24.0 Å². The number of phenolic OH excluding ortho intramolecular Hbond substituents is 1. The molecule has 0 aromatic heterocycles. The SMILES string of the molecule is COc1cc([C@@H]2[C@H]3C(=O)N(c4cccc(Cl)c4C)C(=O)[C@H]3ON2c2ccccc2)ccc1O. The summed E-state index contributed by atoms with van der Waals surface area (Å²) in [7, 11) is 1.45. The van der Waals surface area contributed by atoms with Crippen LogP contribution in [0, 0.1) is 12.8 Å². The molecule has 1 N–H and O–H groups in total. The summed E-state index contributed by atoms with van der Waals surface area (Å²) >= 11 is 6.26. The van der Waals surface area contributed by atoms with Gasteiger partial charge in [-0.1, -0.05) is 41.9 Å². The van der Waals surface area contributed by atoms with Crippen molar-refractivity contribution < 1.29 is 24.3 Å². The molecule has 2 amide bonds. The van der Waals surface area contributed by atoms with E-state index in [-0.39, 0.29) is 17.4 Å². The van der Waals surface area contributed by atoms with E-state index in [2.05, 4.69) is 0 Å². The number of imide groups is 1. The van der Waals surface area contributed by atoms with Gasteiger partial charge >= 0.3 is 0 Å². The van der Waals surface area contributed by atoms with Gasteiger partial charge in [-0.05, 0) is 54.4 Å². The topological polar surface area (TPSA) is 79.3 Å². The van der Waals surface area contributed by atoms with E-state index in [0.29, 0.717) is 27.5 Å². The van der Waals surface area contributed by atoms with Gasteiger partial charge in [-0.2, -0.15) is 0 Å². The molecule has 168 valence electrons. The Balaban J connectivity index is 1.62. The van der Waals surface area contributed by atoms with E-state index in [1.165, 1.54) is 18.1 Å². The second kappa shape index (κ2) is 8.10. The van der Waals surface area contributed by atoms with Crippen molar-refractivity contribution in [2.75, 3.05) is 17.1 Å². The molecule has 0 unspecified atom stereocenters. The first-order valence-corrected chi connectivity index (χ1v) is 10.8. The van der Waals surface area contributed by atoms with Gasteiger partial charge in [0.2, 0.25) is 5.91 Å². The largest absolute Gasteiger partial charge is 0.504 e. The first-order valence-electron chi connectivity index (χ1n) is 10.4. The van der Waals surface area contributed by atoms with Gasteiger partial charge < -0.3 is 9.84 Å². The van der Waals surface area contributed by atoms with Crippen LogP contribution in [0.15, 0.2) is 66.7 Å². The number of hydrogen-bond acceptors (Lipinski definition) is 6. The number of hydroxylamine groups is 1. The standard InChI is InChI=1S/C25H21ClN2O5/c1-14-17(26)9-6-10-18(14)27-24(30)21-22(15-11-12-19(29)20(13-15)32-2)28(33-23(21)25(27)31)16-7-4-3-5-8-16/h3-13,21-23,29H,1-2H3/t21-,22-,23+/m1/s1.